The Hall–Kier alpha value is -1.05. The smallest absolute Gasteiger partial charge is 0.333 e. The molecule has 0 spiro atoms. The molecule has 2 nitrogen and oxygen atoms in total. The molecule has 0 amide bonds. The van der Waals surface area contributed by atoms with Crippen molar-refractivity contribution in [2.75, 3.05) is 7.11 Å². The van der Waals surface area contributed by atoms with E-state index in [0.717, 1.165) is 18.4 Å². The van der Waals surface area contributed by atoms with Crippen LogP contribution in [0.2, 0.25) is 0 Å². The minimum Gasteiger partial charge on any atom is -0.466 e. The van der Waals surface area contributed by atoms with E-state index in [9.17, 15) is 4.79 Å². The molecular weight excluding hydrogens is 152 g/mol. The third-order valence-corrected chi connectivity index (χ3v) is 1.53. The van der Waals surface area contributed by atoms with Gasteiger partial charge >= 0.3 is 5.97 Å². The Morgan fingerprint density at radius 3 is 2.50 bits per heavy atom. The lowest BCUT2D eigenvalue weighted by atomic mass is 10.1. The minimum absolute atomic E-state index is 0.253. The second-order valence-corrected chi connectivity index (χ2v) is 2.87. The highest BCUT2D eigenvalue weighted by Crippen LogP contribution is 2.04. The first-order chi connectivity index (χ1) is 5.57. The Morgan fingerprint density at radius 1 is 1.50 bits per heavy atom. The summed E-state index contributed by atoms with van der Waals surface area (Å²) in [5.41, 5.74) is 1.79. The second-order valence-electron chi connectivity index (χ2n) is 2.87. The Balaban J connectivity index is 3.84. The van der Waals surface area contributed by atoms with Crippen molar-refractivity contribution in [3.63, 3.8) is 0 Å². The molecule has 68 valence electrons. The van der Waals surface area contributed by atoms with Crippen LogP contribution < -0.4 is 0 Å². The molecule has 0 saturated carbocycles. The van der Waals surface area contributed by atoms with Crippen LogP contribution in [0.4, 0.5) is 0 Å². The zero-order valence-electron chi connectivity index (χ0n) is 8.02. The summed E-state index contributed by atoms with van der Waals surface area (Å²) in [5.74, 6) is -0.253. The number of carbonyl (C=O) groups is 1. The van der Waals surface area contributed by atoms with E-state index in [4.69, 9.17) is 0 Å². The van der Waals surface area contributed by atoms with Crippen molar-refractivity contribution >= 4 is 5.97 Å². The van der Waals surface area contributed by atoms with Crippen LogP contribution in [0.3, 0.4) is 0 Å². The summed E-state index contributed by atoms with van der Waals surface area (Å²) in [5, 5.41) is 0. The largest absolute Gasteiger partial charge is 0.466 e. The van der Waals surface area contributed by atoms with Crippen LogP contribution in [-0.2, 0) is 9.53 Å². The molecule has 0 heterocycles. The van der Waals surface area contributed by atoms with Crippen LogP contribution in [-0.4, -0.2) is 13.1 Å². The van der Waals surface area contributed by atoms with Gasteiger partial charge in [-0.3, -0.25) is 0 Å². The van der Waals surface area contributed by atoms with Gasteiger partial charge in [-0.2, -0.15) is 0 Å². The average Bonchev–Trinajstić information content (AvgIpc) is 2.02. The maximum Gasteiger partial charge on any atom is 0.333 e. The quantitative estimate of drug-likeness (QED) is 0.366. The molecule has 0 aliphatic rings. The van der Waals surface area contributed by atoms with E-state index in [1.165, 1.54) is 7.11 Å². The maximum absolute atomic E-state index is 10.9. The van der Waals surface area contributed by atoms with Gasteiger partial charge in [0.05, 0.1) is 7.11 Å². The topological polar surface area (TPSA) is 26.3 Å². The molecule has 0 saturated heterocycles. The van der Waals surface area contributed by atoms with Gasteiger partial charge in [0.25, 0.3) is 0 Å². The summed E-state index contributed by atoms with van der Waals surface area (Å²) in [4.78, 5) is 10.9. The maximum atomic E-state index is 10.9. The van der Waals surface area contributed by atoms with Crippen molar-refractivity contribution in [2.24, 2.45) is 0 Å². The average molecular weight is 168 g/mol. The second kappa shape index (κ2) is 5.58. The third-order valence-electron chi connectivity index (χ3n) is 1.53. The van der Waals surface area contributed by atoms with Gasteiger partial charge in [-0.15, -0.1) is 6.58 Å². The zero-order chi connectivity index (χ0) is 9.56. The molecule has 0 aromatic rings. The molecule has 2 heteroatoms. The van der Waals surface area contributed by atoms with E-state index in [2.05, 4.69) is 11.3 Å². The summed E-state index contributed by atoms with van der Waals surface area (Å²) in [6, 6.07) is 0. The van der Waals surface area contributed by atoms with Crippen molar-refractivity contribution in [3.8, 4) is 0 Å². The van der Waals surface area contributed by atoms with Crippen LogP contribution in [0.1, 0.15) is 26.7 Å². The van der Waals surface area contributed by atoms with E-state index in [1.54, 1.807) is 6.92 Å². The zero-order valence-corrected chi connectivity index (χ0v) is 8.02. The molecule has 0 radical (unpaired) electrons. The highest BCUT2D eigenvalue weighted by atomic mass is 16.5. The predicted molar refractivity (Wildman–Crippen MR) is 49.8 cm³/mol. The molecule has 0 aromatic carbocycles. The first-order valence-corrected chi connectivity index (χ1v) is 3.97. The van der Waals surface area contributed by atoms with Gasteiger partial charge in [-0.05, 0) is 26.7 Å². The number of methoxy groups -OCH3 is 1. The Kier molecular flexibility index (Phi) is 5.09. The highest BCUT2D eigenvalue weighted by molar-refractivity contribution is 5.87. The first kappa shape index (κ1) is 11.0. The molecule has 0 bridgehead atoms. The van der Waals surface area contributed by atoms with Gasteiger partial charge in [0.1, 0.15) is 0 Å². The molecule has 0 atom stereocenters. The molecule has 0 aliphatic heterocycles. The molecule has 12 heavy (non-hydrogen) atoms. The number of ether oxygens (including phenoxy) is 1. The number of carbonyl (C=O) groups excluding carboxylic acids is 1. The van der Waals surface area contributed by atoms with E-state index >= 15 is 0 Å². The Morgan fingerprint density at radius 2 is 2.08 bits per heavy atom. The van der Waals surface area contributed by atoms with E-state index < -0.39 is 0 Å². The van der Waals surface area contributed by atoms with E-state index in [1.807, 2.05) is 13.0 Å². The van der Waals surface area contributed by atoms with Crippen molar-refractivity contribution in [2.45, 2.75) is 26.7 Å². The summed E-state index contributed by atoms with van der Waals surface area (Å²) < 4.78 is 4.54. The molecular formula is C10H16O2. The molecule has 0 fully saturated rings. The lowest BCUT2D eigenvalue weighted by molar-refractivity contribution is -0.136. The highest BCUT2D eigenvalue weighted by Gasteiger charge is 2.00. The van der Waals surface area contributed by atoms with Crippen LogP contribution in [0, 0.1) is 0 Å². The van der Waals surface area contributed by atoms with Crippen LogP contribution >= 0.6 is 0 Å². The summed E-state index contributed by atoms with van der Waals surface area (Å²) in [7, 11) is 1.39. The van der Waals surface area contributed by atoms with Gasteiger partial charge in [0.15, 0.2) is 0 Å². The summed E-state index contributed by atoms with van der Waals surface area (Å²) in [6.07, 6.45) is 3.66. The number of allylic oxidation sites excluding steroid dienone is 2. The molecule has 0 N–H and O–H groups in total. The van der Waals surface area contributed by atoms with Crippen molar-refractivity contribution in [3.05, 3.63) is 23.8 Å². The Labute approximate surface area is 73.9 Å². The van der Waals surface area contributed by atoms with Gasteiger partial charge in [-0.1, -0.05) is 11.6 Å². The van der Waals surface area contributed by atoms with Crippen LogP contribution in [0.5, 0.6) is 0 Å². The number of hydrogen-bond donors (Lipinski definition) is 0. The number of esters is 1. The Bertz CT molecular complexity index is 202. The van der Waals surface area contributed by atoms with Gasteiger partial charge < -0.3 is 4.74 Å². The molecule has 0 rings (SSSR count). The van der Waals surface area contributed by atoms with E-state index in [-0.39, 0.29) is 5.97 Å². The predicted octanol–water partition coefficient (Wildman–Crippen LogP) is 2.46. The minimum atomic E-state index is -0.253. The van der Waals surface area contributed by atoms with Gasteiger partial charge in [0, 0.05) is 5.57 Å². The summed E-state index contributed by atoms with van der Waals surface area (Å²) >= 11 is 0. The van der Waals surface area contributed by atoms with Crippen molar-refractivity contribution in [1.29, 1.82) is 0 Å². The SMILES string of the molecule is C=C(C)CCC=C(C)C(=O)OC. The standard InChI is InChI=1S/C10H16O2/c1-8(2)6-5-7-9(3)10(11)12-4/h7H,1,5-6H2,2-4H3. The lowest BCUT2D eigenvalue weighted by Crippen LogP contribution is -2.01. The van der Waals surface area contributed by atoms with Gasteiger partial charge in [0.2, 0.25) is 0 Å². The normalized spacial score (nSPS) is 11.1. The fourth-order valence-corrected chi connectivity index (χ4v) is 0.779. The molecule has 0 aromatic heterocycles. The van der Waals surface area contributed by atoms with Crippen LogP contribution in [0.15, 0.2) is 23.8 Å². The summed E-state index contributed by atoms with van der Waals surface area (Å²) in [6.45, 7) is 7.50. The number of rotatable bonds is 4. The number of hydrogen-bond acceptors (Lipinski definition) is 2. The molecule has 0 aliphatic carbocycles. The fourth-order valence-electron chi connectivity index (χ4n) is 0.779. The van der Waals surface area contributed by atoms with Crippen molar-refractivity contribution in [1.82, 2.24) is 0 Å². The molecule has 0 unspecified atom stereocenters. The first-order valence-electron chi connectivity index (χ1n) is 3.97. The third kappa shape index (κ3) is 4.72. The monoisotopic (exact) mass is 168 g/mol. The van der Waals surface area contributed by atoms with Crippen molar-refractivity contribution < 1.29 is 9.53 Å². The van der Waals surface area contributed by atoms with Crippen LogP contribution in [0.25, 0.3) is 0 Å². The van der Waals surface area contributed by atoms with Gasteiger partial charge in [-0.25, -0.2) is 4.79 Å². The fraction of sp³-hybridized carbons (Fsp3) is 0.500. The van der Waals surface area contributed by atoms with E-state index in [0.29, 0.717) is 5.57 Å². The lowest BCUT2D eigenvalue weighted by Gasteiger charge is -1.98.